The third-order valence-electron chi connectivity index (χ3n) is 3.57. The van der Waals surface area contributed by atoms with E-state index in [0.717, 1.165) is 0 Å². The maximum atomic E-state index is 12.6. The summed E-state index contributed by atoms with van der Waals surface area (Å²) in [5, 5.41) is 0. The first-order valence-electron chi connectivity index (χ1n) is 6.24. The van der Waals surface area contributed by atoms with Gasteiger partial charge in [0.1, 0.15) is 0 Å². The summed E-state index contributed by atoms with van der Waals surface area (Å²) < 4.78 is 0.407. The lowest BCUT2D eigenvalue weighted by atomic mass is 9.82. The fourth-order valence-corrected chi connectivity index (χ4v) is 3.17. The number of halogens is 1. The van der Waals surface area contributed by atoms with Crippen molar-refractivity contribution >= 4 is 39.0 Å². The van der Waals surface area contributed by atoms with Gasteiger partial charge in [-0.3, -0.25) is 14.4 Å². The summed E-state index contributed by atoms with van der Waals surface area (Å²) in [6.07, 6.45) is 0. The molecule has 4 nitrogen and oxygen atoms in total. The van der Waals surface area contributed by atoms with Crippen LogP contribution >= 0.6 is 15.9 Å². The summed E-state index contributed by atoms with van der Waals surface area (Å²) in [7, 11) is 0. The molecule has 0 amide bonds. The first kappa shape index (κ1) is 13.7. The average molecular weight is 344 g/mol. The number of anilines is 1. The molecule has 104 valence electrons. The summed E-state index contributed by atoms with van der Waals surface area (Å²) in [6, 6.07) is 8.09. The van der Waals surface area contributed by atoms with Crippen LogP contribution in [0.15, 0.2) is 34.8 Å². The van der Waals surface area contributed by atoms with Crippen LogP contribution in [0, 0.1) is 0 Å². The summed E-state index contributed by atoms with van der Waals surface area (Å²) in [6.45, 7) is 1.37. The van der Waals surface area contributed by atoms with Gasteiger partial charge in [-0.05, 0) is 28.9 Å². The number of rotatable bonds is 1. The van der Waals surface area contributed by atoms with Gasteiger partial charge in [-0.15, -0.1) is 0 Å². The summed E-state index contributed by atoms with van der Waals surface area (Å²) >= 11 is 3.27. The van der Waals surface area contributed by atoms with E-state index < -0.39 is 0 Å². The quantitative estimate of drug-likeness (QED) is 0.544. The van der Waals surface area contributed by atoms with Crippen LogP contribution in [0.3, 0.4) is 0 Å². The Morgan fingerprint density at radius 3 is 2.10 bits per heavy atom. The van der Waals surface area contributed by atoms with Gasteiger partial charge in [0.25, 0.3) is 0 Å². The van der Waals surface area contributed by atoms with Crippen LogP contribution in [-0.4, -0.2) is 17.3 Å². The second-order valence-electron chi connectivity index (χ2n) is 4.83. The van der Waals surface area contributed by atoms with E-state index in [1.807, 2.05) is 0 Å². The smallest absolute Gasteiger partial charge is 0.196 e. The normalized spacial score (nSPS) is 12.9. The SMILES string of the molecule is CC(=O)c1cc(Br)c2c(c1N)C(=O)c1ccccc1C2=O. The highest BCUT2D eigenvalue weighted by molar-refractivity contribution is 9.10. The standard InChI is InChI=1S/C16H10BrNO3/c1-7(19)10-6-11(17)12-13(14(10)18)16(21)9-5-3-2-4-8(9)15(12)20/h2-6H,18H2,1H3. The van der Waals surface area contributed by atoms with E-state index in [-0.39, 0.29) is 39.7 Å². The lowest BCUT2D eigenvalue weighted by molar-refractivity contribution is 0.0978. The second-order valence-corrected chi connectivity index (χ2v) is 5.68. The van der Waals surface area contributed by atoms with E-state index in [9.17, 15) is 14.4 Å². The molecule has 2 aromatic rings. The predicted octanol–water partition coefficient (Wildman–Crippen LogP) is 3.01. The lowest BCUT2D eigenvalue weighted by Crippen LogP contribution is -2.24. The zero-order valence-electron chi connectivity index (χ0n) is 11.1. The molecule has 2 aromatic carbocycles. The third kappa shape index (κ3) is 1.85. The number of ketones is 3. The molecule has 0 unspecified atom stereocenters. The summed E-state index contributed by atoms with van der Waals surface area (Å²) in [5.74, 6) is -0.856. The molecule has 0 atom stereocenters. The number of fused-ring (bicyclic) bond motifs is 2. The third-order valence-corrected chi connectivity index (χ3v) is 4.19. The number of Topliss-reactive ketones (excluding diaryl/α,β-unsaturated/α-hetero) is 1. The molecule has 0 bridgehead atoms. The number of nitrogen functional groups attached to an aromatic ring is 1. The van der Waals surface area contributed by atoms with E-state index in [1.165, 1.54) is 13.0 Å². The van der Waals surface area contributed by atoms with Crippen LogP contribution < -0.4 is 5.73 Å². The van der Waals surface area contributed by atoms with Crippen molar-refractivity contribution in [2.75, 3.05) is 5.73 Å². The van der Waals surface area contributed by atoms with Crippen LogP contribution in [0.25, 0.3) is 0 Å². The van der Waals surface area contributed by atoms with Gasteiger partial charge in [-0.25, -0.2) is 0 Å². The van der Waals surface area contributed by atoms with E-state index in [1.54, 1.807) is 24.3 Å². The van der Waals surface area contributed by atoms with Gasteiger partial charge in [0.2, 0.25) is 0 Å². The molecule has 0 aromatic heterocycles. The van der Waals surface area contributed by atoms with Crippen LogP contribution in [0.4, 0.5) is 5.69 Å². The Hall–Kier alpha value is -2.27. The minimum absolute atomic E-state index is 0.0635. The summed E-state index contributed by atoms with van der Waals surface area (Å²) in [4.78, 5) is 36.9. The molecule has 2 N–H and O–H groups in total. The minimum atomic E-state index is -0.332. The van der Waals surface area contributed by atoms with Gasteiger partial charge in [0.15, 0.2) is 17.3 Å². The molecular formula is C16H10BrNO3. The van der Waals surface area contributed by atoms with Gasteiger partial charge in [-0.2, -0.15) is 0 Å². The summed E-state index contributed by atoms with van der Waals surface area (Å²) in [5.41, 5.74) is 7.27. The fraction of sp³-hybridized carbons (Fsp3) is 0.0625. The molecule has 5 heteroatoms. The molecule has 1 aliphatic rings. The maximum Gasteiger partial charge on any atom is 0.196 e. The largest absolute Gasteiger partial charge is 0.398 e. The highest BCUT2D eigenvalue weighted by Gasteiger charge is 2.34. The lowest BCUT2D eigenvalue weighted by Gasteiger charge is -2.21. The molecule has 0 saturated heterocycles. The van der Waals surface area contributed by atoms with Gasteiger partial charge >= 0.3 is 0 Å². The van der Waals surface area contributed by atoms with Crippen molar-refractivity contribution in [3.8, 4) is 0 Å². The molecule has 0 radical (unpaired) electrons. The number of hydrogen-bond acceptors (Lipinski definition) is 4. The molecule has 0 spiro atoms. The van der Waals surface area contributed by atoms with Crippen LogP contribution in [0.1, 0.15) is 49.1 Å². The highest BCUT2D eigenvalue weighted by Crippen LogP contribution is 2.37. The number of nitrogens with two attached hydrogens (primary N) is 1. The highest BCUT2D eigenvalue weighted by atomic mass is 79.9. The van der Waals surface area contributed by atoms with Crippen molar-refractivity contribution in [2.45, 2.75) is 6.92 Å². The Morgan fingerprint density at radius 2 is 1.57 bits per heavy atom. The molecule has 1 aliphatic carbocycles. The monoisotopic (exact) mass is 343 g/mol. The van der Waals surface area contributed by atoms with Crippen LogP contribution in [0.5, 0.6) is 0 Å². The molecule has 0 saturated carbocycles. The van der Waals surface area contributed by atoms with Gasteiger partial charge in [0, 0.05) is 21.2 Å². The van der Waals surface area contributed by atoms with Gasteiger partial charge in [-0.1, -0.05) is 24.3 Å². The fourth-order valence-electron chi connectivity index (χ4n) is 2.56. The number of carbonyl (C=O) groups is 3. The number of hydrogen-bond donors (Lipinski definition) is 1. The van der Waals surface area contributed by atoms with E-state index >= 15 is 0 Å². The van der Waals surface area contributed by atoms with Crippen molar-refractivity contribution in [3.05, 3.63) is 62.6 Å². The molecular weight excluding hydrogens is 334 g/mol. The average Bonchev–Trinajstić information content (AvgIpc) is 2.46. The molecule has 21 heavy (non-hydrogen) atoms. The van der Waals surface area contributed by atoms with Gasteiger partial charge in [0.05, 0.1) is 16.8 Å². The van der Waals surface area contributed by atoms with Crippen LogP contribution in [0.2, 0.25) is 0 Å². The Kier molecular flexibility index (Phi) is 3.02. The van der Waals surface area contributed by atoms with Crippen molar-refractivity contribution in [1.29, 1.82) is 0 Å². The first-order valence-corrected chi connectivity index (χ1v) is 7.04. The molecule has 3 rings (SSSR count). The number of carbonyl (C=O) groups excluding carboxylic acids is 3. The van der Waals surface area contributed by atoms with Crippen molar-refractivity contribution in [1.82, 2.24) is 0 Å². The Morgan fingerprint density at radius 1 is 1.05 bits per heavy atom. The Balaban J connectivity index is 2.41. The van der Waals surface area contributed by atoms with Crippen molar-refractivity contribution < 1.29 is 14.4 Å². The van der Waals surface area contributed by atoms with E-state index in [2.05, 4.69) is 15.9 Å². The molecule has 0 heterocycles. The zero-order valence-corrected chi connectivity index (χ0v) is 12.7. The Labute approximate surface area is 129 Å². The number of benzene rings is 2. The second kappa shape index (κ2) is 4.63. The minimum Gasteiger partial charge on any atom is -0.398 e. The van der Waals surface area contributed by atoms with Crippen molar-refractivity contribution in [2.24, 2.45) is 0 Å². The maximum absolute atomic E-state index is 12.6. The topological polar surface area (TPSA) is 77.2 Å². The molecule has 0 fully saturated rings. The van der Waals surface area contributed by atoms with Gasteiger partial charge < -0.3 is 5.73 Å². The predicted molar refractivity (Wildman–Crippen MR) is 81.9 cm³/mol. The van der Waals surface area contributed by atoms with E-state index in [4.69, 9.17) is 5.73 Å². The van der Waals surface area contributed by atoms with Crippen molar-refractivity contribution in [3.63, 3.8) is 0 Å². The Bertz CT molecular complexity index is 840. The molecule has 0 aliphatic heterocycles. The van der Waals surface area contributed by atoms with Crippen LogP contribution in [-0.2, 0) is 0 Å². The zero-order chi connectivity index (χ0) is 15.3. The van der Waals surface area contributed by atoms with E-state index in [0.29, 0.717) is 15.6 Å². The first-order chi connectivity index (χ1) is 9.93.